The number of rotatable bonds is 4. The topological polar surface area (TPSA) is 48.7 Å². The highest BCUT2D eigenvalue weighted by molar-refractivity contribution is 5.83. The highest BCUT2D eigenvalue weighted by Gasteiger charge is 2.42. The molecule has 0 bridgehead atoms. The number of amides is 1. The zero-order chi connectivity index (χ0) is 14.7. The molecule has 5 heteroatoms. The molecule has 0 saturated carbocycles. The third-order valence-corrected chi connectivity index (χ3v) is 4.99. The SMILES string of the molecule is CCC1(C(=O)N2CCN(Cc3ccco3)CC2)CCNC1. The van der Waals surface area contributed by atoms with E-state index in [2.05, 4.69) is 22.0 Å². The highest BCUT2D eigenvalue weighted by atomic mass is 16.3. The van der Waals surface area contributed by atoms with Gasteiger partial charge in [-0.25, -0.2) is 0 Å². The molecule has 1 aromatic heterocycles. The number of piperazine rings is 1. The summed E-state index contributed by atoms with van der Waals surface area (Å²) in [4.78, 5) is 17.2. The Morgan fingerprint density at radius 2 is 2.19 bits per heavy atom. The second-order valence-corrected chi connectivity index (χ2v) is 6.21. The van der Waals surface area contributed by atoms with E-state index in [1.165, 1.54) is 0 Å². The van der Waals surface area contributed by atoms with Gasteiger partial charge in [-0.05, 0) is 31.5 Å². The molecule has 2 saturated heterocycles. The van der Waals surface area contributed by atoms with Crippen LogP contribution in [0.3, 0.4) is 0 Å². The smallest absolute Gasteiger partial charge is 0.230 e. The first kappa shape index (κ1) is 14.6. The number of hydrogen-bond donors (Lipinski definition) is 1. The van der Waals surface area contributed by atoms with Crippen molar-refractivity contribution in [3.8, 4) is 0 Å². The second-order valence-electron chi connectivity index (χ2n) is 6.21. The van der Waals surface area contributed by atoms with Crippen molar-refractivity contribution in [2.75, 3.05) is 39.3 Å². The molecule has 0 radical (unpaired) electrons. The second kappa shape index (κ2) is 6.20. The lowest BCUT2D eigenvalue weighted by atomic mass is 9.82. The van der Waals surface area contributed by atoms with Gasteiger partial charge in [-0.2, -0.15) is 0 Å². The average Bonchev–Trinajstić information content (AvgIpc) is 3.19. The van der Waals surface area contributed by atoms with E-state index in [1.54, 1.807) is 6.26 Å². The summed E-state index contributed by atoms with van der Waals surface area (Å²) in [5, 5.41) is 3.35. The van der Waals surface area contributed by atoms with Gasteiger partial charge in [0.15, 0.2) is 0 Å². The van der Waals surface area contributed by atoms with E-state index in [-0.39, 0.29) is 5.41 Å². The number of carbonyl (C=O) groups excluding carboxylic acids is 1. The van der Waals surface area contributed by atoms with Crippen molar-refractivity contribution in [3.05, 3.63) is 24.2 Å². The molecule has 21 heavy (non-hydrogen) atoms. The first-order chi connectivity index (χ1) is 10.2. The number of carbonyl (C=O) groups is 1. The van der Waals surface area contributed by atoms with E-state index in [0.717, 1.165) is 64.4 Å². The Bertz CT molecular complexity index is 458. The maximum atomic E-state index is 12.8. The van der Waals surface area contributed by atoms with Gasteiger partial charge >= 0.3 is 0 Å². The molecule has 0 aliphatic carbocycles. The summed E-state index contributed by atoms with van der Waals surface area (Å²) in [7, 11) is 0. The van der Waals surface area contributed by atoms with Crippen molar-refractivity contribution in [1.29, 1.82) is 0 Å². The third kappa shape index (κ3) is 2.99. The quantitative estimate of drug-likeness (QED) is 0.909. The van der Waals surface area contributed by atoms with Crippen molar-refractivity contribution in [2.45, 2.75) is 26.3 Å². The predicted molar refractivity (Wildman–Crippen MR) is 80.8 cm³/mol. The molecule has 1 amide bonds. The molecule has 0 spiro atoms. The molecule has 1 unspecified atom stereocenters. The monoisotopic (exact) mass is 291 g/mol. The van der Waals surface area contributed by atoms with Gasteiger partial charge in [0.05, 0.1) is 18.2 Å². The van der Waals surface area contributed by atoms with Crippen LogP contribution in [-0.2, 0) is 11.3 Å². The fourth-order valence-electron chi connectivity index (χ4n) is 3.45. The van der Waals surface area contributed by atoms with Crippen LogP contribution in [0.4, 0.5) is 0 Å². The minimum Gasteiger partial charge on any atom is -0.468 e. The number of nitrogens with zero attached hydrogens (tertiary/aromatic N) is 2. The average molecular weight is 291 g/mol. The molecule has 1 N–H and O–H groups in total. The predicted octanol–water partition coefficient (Wildman–Crippen LogP) is 1.31. The van der Waals surface area contributed by atoms with Crippen LogP contribution in [0.2, 0.25) is 0 Å². The normalized spacial score (nSPS) is 27.2. The van der Waals surface area contributed by atoms with E-state index in [0.29, 0.717) is 5.91 Å². The maximum absolute atomic E-state index is 12.8. The third-order valence-electron chi connectivity index (χ3n) is 4.99. The summed E-state index contributed by atoms with van der Waals surface area (Å²) in [6.45, 7) is 8.32. The zero-order valence-electron chi connectivity index (χ0n) is 12.8. The van der Waals surface area contributed by atoms with E-state index in [1.807, 2.05) is 12.1 Å². The Kier molecular flexibility index (Phi) is 4.31. The van der Waals surface area contributed by atoms with Crippen molar-refractivity contribution in [3.63, 3.8) is 0 Å². The lowest BCUT2D eigenvalue weighted by Gasteiger charge is -2.39. The summed E-state index contributed by atoms with van der Waals surface area (Å²) < 4.78 is 5.39. The fraction of sp³-hybridized carbons (Fsp3) is 0.688. The van der Waals surface area contributed by atoms with Crippen LogP contribution in [0.1, 0.15) is 25.5 Å². The largest absolute Gasteiger partial charge is 0.468 e. The van der Waals surface area contributed by atoms with Crippen LogP contribution in [-0.4, -0.2) is 55.0 Å². The molecule has 3 heterocycles. The van der Waals surface area contributed by atoms with E-state index in [4.69, 9.17) is 4.42 Å². The van der Waals surface area contributed by atoms with Gasteiger partial charge in [-0.1, -0.05) is 6.92 Å². The van der Waals surface area contributed by atoms with Gasteiger partial charge in [0, 0.05) is 32.7 Å². The summed E-state index contributed by atoms with van der Waals surface area (Å²) in [5.74, 6) is 1.35. The van der Waals surface area contributed by atoms with Gasteiger partial charge in [-0.15, -0.1) is 0 Å². The maximum Gasteiger partial charge on any atom is 0.230 e. The van der Waals surface area contributed by atoms with Crippen LogP contribution < -0.4 is 5.32 Å². The summed E-state index contributed by atoms with van der Waals surface area (Å²) >= 11 is 0. The fourth-order valence-corrected chi connectivity index (χ4v) is 3.45. The Balaban J connectivity index is 1.54. The molecule has 3 rings (SSSR count). The van der Waals surface area contributed by atoms with Gasteiger partial charge in [0.25, 0.3) is 0 Å². The molecule has 0 aromatic carbocycles. The minimum absolute atomic E-state index is 0.150. The van der Waals surface area contributed by atoms with E-state index in [9.17, 15) is 4.79 Å². The van der Waals surface area contributed by atoms with Crippen molar-refractivity contribution < 1.29 is 9.21 Å². The Hall–Kier alpha value is -1.33. The first-order valence-electron chi connectivity index (χ1n) is 7.98. The van der Waals surface area contributed by atoms with Crippen molar-refractivity contribution in [1.82, 2.24) is 15.1 Å². The zero-order valence-corrected chi connectivity index (χ0v) is 12.8. The Labute approximate surface area is 126 Å². The summed E-state index contributed by atoms with van der Waals surface area (Å²) in [6.07, 6.45) is 3.63. The van der Waals surface area contributed by atoms with Crippen molar-refractivity contribution >= 4 is 5.91 Å². The van der Waals surface area contributed by atoms with Gasteiger partial charge in [0.1, 0.15) is 5.76 Å². The van der Waals surface area contributed by atoms with Gasteiger partial charge in [-0.3, -0.25) is 9.69 Å². The Morgan fingerprint density at radius 3 is 2.76 bits per heavy atom. The first-order valence-corrected chi connectivity index (χ1v) is 7.98. The molecule has 1 aromatic rings. The molecule has 2 aliphatic rings. The lowest BCUT2D eigenvalue weighted by molar-refractivity contribution is -0.143. The van der Waals surface area contributed by atoms with E-state index >= 15 is 0 Å². The molecule has 5 nitrogen and oxygen atoms in total. The number of furan rings is 1. The number of nitrogens with one attached hydrogen (secondary N) is 1. The lowest BCUT2D eigenvalue weighted by Crippen LogP contribution is -2.53. The highest BCUT2D eigenvalue weighted by Crippen LogP contribution is 2.32. The molecular weight excluding hydrogens is 266 g/mol. The minimum atomic E-state index is -0.150. The van der Waals surface area contributed by atoms with Crippen LogP contribution in [0.5, 0.6) is 0 Å². The summed E-state index contributed by atoms with van der Waals surface area (Å²) in [5.41, 5.74) is -0.150. The Morgan fingerprint density at radius 1 is 1.38 bits per heavy atom. The molecule has 2 fully saturated rings. The van der Waals surface area contributed by atoms with Gasteiger partial charge < -0.3 is 14.6 Å². The van der Waals surface area contributed by atoms with Crippen LogP contribution in [0.25, 0.3) is 0 Å². The molecule has 1 atom stereocenters. The van der Waals surface area contributed by atoms with Gasteiger partial charge in [0.2, 0.25) is 5.91 Å². The van der Waals surface area contributed by atoms with Crippen LogP contribution in [0, 0.1) is 5.41 Å². The summed E-state index contributed by atoms with van der Waals surface area (Å²) in [6, 6.07) is 3.93. The molecule has 116 valence electrons. The number of hydrogen-bond acceptors (Lipinski definition) is 4. The standard InChI is InChI=1S/C16H25N3O2/c1-2-16(5-6-17-13-16)15(20)19-9-7-18(8-10-19)12-14-4-3-11-21-14/h3-4,11,17H,2,5-10,12-13H2,1H3. The molecule has 2 aliphatic heterocycles. The van der Waals surface area contributed by atoms with E-state index < -0.39 is 0 Å². The molecular formula is C16H25N3O2. The van der Waals surface area contributed by atoms with Crippen LogP contribution >= 0.6 is 0 Å². The van der Waals surface area contributed by atoms with Crippen LogP contribution in [0.15, 0.2) is 22.8 Å². The van der Waals surface area contributed by atoms with Crippen molar-refractivity contribution in [2.24, 2.45) is 5.41 Å².